The van der Waals surface area contributed by atoms with Gasteiger partial charge in [-0.25, -0.2) is 19.9 Å². The molecule has 3 aromatic rings. The Morgan fingerprint density at radius 2 is 2.15 bits per heavy atom. The number of rotatable bonds is 6. The molecule has 0 unspecified atom stereocenters. The number of anilines is 1. The number of nitrogens with zero attached hydrogens (tertiary/aromatic N) is 5. The van der Waals surface area contributed by atoms with Gasteiger partial charge in [0.2, 0.25) is 0 Å². The summed E-state index contributed by atoms with van der Waals surface area (Å²) in [5.74, 6) is 0.237. The highest BCUT2D eigenvalue weighted by Gasteiger charge is 2.44. The molecule has 4 heterocycles. The fourth-order valence-corrected chi connectivity index (χ4v) is 2.96. The van der Waals surface area contributed by atoms with Crippen LogP contribution in [0.5, 0.6) is 0 Å². The number of nitrogen functional groups attached to an aromatic ring is 1. The molecular weight excluding hydrogens is 342 g/mol. The normalized spacial score (nSPS) is 25.9. The van der Waals surface area contributed by atoms with E-state index in [1.165, 1.54) is 17.2 Å². The van der Waals surface area contributed by atoms with Crippen LogP contribution in [0.25, 0.3) is 11.2 Å². The number of nitrogens with two attached hydrogens (primary N) is 1. The van der Waals surface area contributed by atoms with Gasteiger partial charge in [0.1, 0.15) is 30.2 Å². The van der Waals surface area contributed by atoms with Crippen LogP contribution < -0.4 is 5.73 Å². The number of nitrogens with one attached hydrogen (secondary N) is 1. The van der Waals surface area contributed by atoms with E-state index in [0.29, 0.717) is 24.2 Å². The predicted molar refractivity (Wildman–Crippen MR) is 88.8 cm³/mol. The predicted octanol–water partition coefficient (Wildman–Crippen LogP) is -0.990. The van der Waals surface area contributed by atoms with Crippen LogP contribution in [0.3, 0.4) is 0 Å². The number of fused-ring (bicyclic) bond motifs is 1. The Morgan fingerprint density at radius 1 is 1.27 bits per heavy atom. The van der Waals surface area contributed by atoms with E-state index < -0.39 is 24.5 Å². The van der Waals surface area contributed by atoms with E-state index in [1.807, 2.05) is 0 Å². The number of aliphatic hydroxyl groups is 2. The van der Waals surface area contributed by atoms with Crippen molar-refractivity contribution in [2.45, 2.75) is 31.0 Å². The first-order valence-corrected chi connectivity index (χ1v) is 8.14. The summed E-state index contributed by atoms with van der Waals surface area (Å²) in [4.78, 5) is 19.1. The quantitative estimate of drug-likeness (QED) is 0.405. The molecule has 1 saturated heterocycles. The molecule has 1 aliphatic rings. The van der Waals surface area contributed by atoms with Gasteiger partial charge in [-0.05, 0) is 0 Å². The Labute approximate surface area is 147 Å². The van der Waals surface area contributed by atoms with Crippen molar-refractivity contribution in [2.75, 3.05) is 18.9 Å². The lowest BCUT2D eigenvalue weighted by Crippen LogP contribution is -2.34. The number of aliphatic hydroxyl groups excluding tert-OH is 2. The average molecular weight is 361 g/mol. The largest absolute Gasteiger partial charge is 0.387 e. The van der Waals surface area contributed by atoms with Crippen LogP contribution in [0.4, 0.5) is 5.82 Å². The Balaban J connectivity index is 1.41. The number of ether oxygens (including phenoxy) is 2. The van der Waals surface area contributed by atoms with E-state index in [0.717, 1.165) is 5.69 Å². The zero-order chi connectivity index (χ0) is 18.1. The third kappa shape index (κ3) is 3.01. The lowest BCUT2D eigenvalue weighted by atomic mass is 10.1. The lowest BCUT2D eigenvalue weighted by molar-refractivity contribution is -0.0650. The van der Waals surface area contributed by atoms with Crippen molar-refractivity contribution in [2.24, 2.45) is 0 Å². The minimum Gasteiger partial charge on any atom is -0.387 e. The van der Waals surface area contributed by atoms with Crippen LogP contribution >= 0.6 is 0 Å². The van der Waals surface area contributed by atoms with Gasteiger partial charge in [0.25, 0.3) is 0 Å². The van der Waals surface area contributed by atoms with Gasteiger partial charge in [-0.15, -0.1) is 0 Å². The summed E-state index contributed by atoms with van der Waals surface area (Å²) in [5.41, 5.74) is 7.57. The first-order valence-electron chi connectivity index (χ1n) is 8.14. The molecule has 11 nitrogen and oxygen atoms in total. The van der Waals surface area contributed by atoms with Crippen molar-refractivity contribution in [1.82, 2.24) is 29.5 Å². The summed E-state index contributed by atoms with van der Waals surface area (Å²) in [6.07, 6.45) is 3.00. The molecule has 1 fully saturated rings. The van der Waals surface area contributed by atoms with Gasteiger partial charge in [-0.2, -0.15) is 0 Å². The summed E-state index contributed by atoms with van der Waals surface area (Å²) >= 11 is 0. The number of hydrogen-bond donors (Lipinski definition) is 4. The molecule has 0 amide bonds. The molecule has 4 rings (SSSR count). The van der Waals surface area contributed by atoms with Crippen LogP contribution in [0, 0.1) is 0 Å². The van der Waals surface area contributed by atoms with Crippen molar-refractivity contribution < 1.29 is 19.7 Å². The number of aromatic amines is 1. The van der Waals surface area contributed by atoms with Crippen molar-refractivity contribution in [1.29, 1.82) is 0 Å². The van der Waals surface area contributed by atoms with Crippen LogP contribution in [-0.2, 0) is 15.9 Å². The first kappa shape index (κ1) is 16.8. The average Bonchev–Trinajstić information content (AvgIpc) is 3.35. The Bertz CT molecular complexity index is 868. The maximum Gasteiger partial charge on any atom is 0.167 e. The second kappa shape index (κ2) is 6.96. The monoisotopic (exact) mass is 361 g/mol. The van der Waals surface area contributed by atoms with Gasteiger partial charge in [-0.3, -0.25) is 4.57 Å². The molecule has 0 spiro atoms. The zero-order valence-electron chi connectivity index (χ0n) is 13.8. The molecule has 26 heavy (non-hydrogen) atoms. The Morgan fingerprint density at radius 3 is 2.96 bits per heavy atom. The second-order valence-electron chi connectivity index (χ2n) is 6.03. The third-order valence-electron chi connectivity index (χ3n) is 4.35. The van der Waals surface area contributed by atoms with E-state index >= 15 is 0 Å². The summed E-state index contributed by atoms with van der Waals surface area (Å²) in [7, 11) is 0. The fourth-order valence-electron chi connectivity index (χ4n) is 2.96. The summed E-state index contributed by atoms with van der Waals surface area (Å²) in [6, 6.07) is 0. The molecule has 0 aromatic carbocycles. The zero-order valence-corrected chi connectivity index (χ0v) is 13.8. The molecule has 0 radical (unpaired) electrons. The van der Waals surface area contributed by atoms with Crippen LogP contribution in [0.1, 0.15) is 11.9 Å². The highest BCUT2D eigenvalue weighted by atomic mass is 16.6. The Kier molecular flexibility index (Phi) is 4.51. The van der Waals surface area contributed by atoms with Gasteiger partial charge >= 0.3 is 0 Å². The minimum atomic E-state index is -1.15. The van der Waals surface area contributed by atoms with Gasteiger partial charge in [0.05, 0.1) is 25.9 Å². The highest BCUT2D eigenvalue weighted by Crippen LogP contribution is 2.32. The van der Waals surface area contributed by atoms with Gasteiger partial charge in [0.15, 0.2) is 17.7 Å². The molecule has 0 aliphatic carbocycles. The van der Waals surface area contributed by atoms with E-state index in [4.69, 9.17) is 15.2 Å². The third-order valence-corrected chi connectivity index (χ3v) is 4.35. The maximum absolute atomic E-state index is 10.4. The van der Waals surface area contributed by atoms with E-state index in [-0.39, 0.29) is 12.4 Å². The van der Waals surface area contributed by atoms with Gasteiger partial charge in [-0.1, -0.05) is 0 Å². The van der Waals surface area contributed by atoms with Crippen molar-refractivity contribution in [3.8, 4) is 0 Å². The van der Waals surface area contributed by atoms with Crippen molar-refractivity contribution in [3.63, 3.8) is 0 Å². The van der Waals surface area contributed by atoms with E-state index in [2.05, 4.69) is 24.9 Å². The van der Waals surface area contributed by atoms with Gasteiger partial charge < -0.3 is 30.4 Å². The molecule has 4 atom stereocenters. The summed E-state index contributed by atoms with van der Waals surface area (Å²) in [5, 5.41) is 20.6. The maximum atomic E-state index is 10.4. The summed E-state index contributed by atoms with van der Waals surface area (Å²) in [6.45, 7) is 0.583. The van der Waals surface area contributed by atoms with Gasteiger partial charge in [0, 0.05) is 18.3 Å². The Hall–Kier alpha value is -2.60. The van der Waals surface area contributed by atoms with E-state index in [9.17, 15) is 10.2 Å². The van der Waals surface area contributed by atoms with Crippen LogP contribution in [0.15, 0.2) is 25.2 Å². The molecule has 0 bridgehead atoms. The number of hydrogen-bond acceptors (Lipinski definition) is 9. The molecule has 1 aliphatic heterocycles. The molecule has 138 valence electrons. The molecule has 5 N–H and O–H groups in total. The number of H-pyrrole nitrogens is 1. The van der Waals surface area contributed by atoms with Crippen molar-refractivity contribution in [3.05, 3.63) is 30.9 Å². The van der Waals surface area contributed by atoms with Crippen LogP contribution in [-0.4, -0.2) is 71.2 Å². The highest BCUT2D eigenvalue weighted by molar-refractivity contribution is 5.81. The standard InChI is InChI=1S/C15H19N7O4/c16-13-10-14(20-6-19-13)22(7-21-10)15-12(24)11(23)9(26-15)4-25-2-1-8-3-17-5-18-8/h3,5-7,9,11-12,15,23-24H,1-2,4H2,(H,17,18)(H2,16,19,20)/t9-,11-,12-,15-/m1/s1. The topological polar surface area (TPSA) is 157 Å². The molecule has 11 heteroatoms. The number of aromatic nitrogens is 6. The minimum absolute atomic E-state index is 0.145. The van der Waals surface area contributed by atoms with E-state index in [1.54, 1.807) is 12.5 Å². The SMILES string of the molecule is Nc1ncnc2c1ncn2[C@@H]1O[C@H](COCCc2cnc[nH]2)[C@@H](O)[C@H]1O. The first-order chi connectivity index (χ1) is 12.6. The fraction of sp³-hybridized carbons (Fsp3) is 0.467. The summed E-state index contributed by atoms with van der Waals surface area (Å²) < 4.78 is 12.9. The molecule has 3 aromatic heterocycles. The second-order valence-corrected chi connectivity index (χ2v) is 6.03. The number of imidazole rings is 2. The smallest absolute Gasteiger partial charge is 0.167 e. The van der Waals surface area contributed by atoms with Crippen LogP contribution in [0.2, 0.25) is 0 Å². The lowest BCUT2D eigenvalue weighted by Gasteiger charge is -2.16. The van der Waals surface area contributed by atoms with Crippen molar-refractivity contribution >= 4 is 17.0 Å². The molecule has 0 saturated carbocycles. The molecular formula is C15H19N7O4.